The van der Waals surface area contributed by atoms with Crippen molar-refractivity contribution in [2.45, 2.75) is 290 Å². The molecule has 0 saturated heterocycles. The van der Waals surface area contributed by atoms with Crippen molar-refractivity contribution in [3.8, 4) is 0 Å². The molecule has 3 unspecified atom stereocenters. The molecule has 0 aliphatic carbocycles. The van der Waals surface area contributed by atoms with Gasteiger partial charge in [0, 0.05) is 12.8 Å². The Kier molecular flexibility index (Phi) is 55.9. The van der Waals surface area contributed by atoms with Crippen LogP contribution in [0.2, 0.25) is 0 Å². The number of carbonyl (C=O) groups is 2. The summed E-state index contributed by atoms with van der Waals surface area (Å²) in [5.41, 5.74) is 0. The third kappa shape index (κ3) is 59.4. The normalized spacial score (nSPS) is 14.3. The molecule has 1 N–H and O–H groups in total. The molecule has 0 aromatic rings. The molecule has 456 valence electrons. The lowest BCUT2D eigenvalue weighted by molar-refractivity contribution is -0.870. The second kappa shape index (κ2) is 58.1. The largest absolute Gasteiger partial charge is 0.756 e. The Hall–Kier alpha value is -3.07. The van der Waals surface area contributed by atoms with E-state index in [2.05, 4.69) is 105 Å². The fraction of sp³-hybridized carbons (Fsp3) is 0.739. The van der Waals surface area contributed by atoms with E-state index < -0.39 is 26.6 Å². The summed E-state index contributed by atoms with van der Waals surface area (Å²) in [7, 11) is 1.16. The highest BCUT2D eigenvalue weighted by molar-refractivity contribution is 7.45. The van der Waals surface area contributed by atoms with Gasteiger partial charge in [0.15, 0.2) is 0 Å². The number of rotatable bonds is 58. The standard InChI is InChI=1S/C69H123N2O7P/c1-7-10-13-16-19-22-25-28-29-30-31-32-33-34-35-36-37-38-39-40-41-44-47-50-53-56-59-62-69(73)78-67(60-57-54-51-48-45-42-26-23-20-17-14-11-8-2)66(65-77-79(74,75)76-64-63-71(4,5)6)70-68(72)61-58-55-52-49-46-43-27-24-21-18-15-12-9-3/h12,15,18-19,21-22,24,27-29,31-32,34-35,57,60,66-67H,7-11,13-14,16-17,20,23,25-26,30,33,36-56,58-59,61-65H2,1-6H3,(H-,70,72,74,75)/b15-12+,21-18+,22-19-,27-24-,29-28-,32-31-,35-34-,60-57-. The first-order chi connectivity index (χ1) is 38.4. The van der Waals surface area contributed by atoms with Gasteiger partial charge in [-0.15, -0.1) is 0 Å². The minimum Gasteiger partial charge on any atom is -0.756 e. The van der Waals surface area contributed by atoms with Gasteiger partial charge in [-0.3, -0.25) is 14.2 Å². The first-order valence-corrected chi connectivity index (χ1v) is 34.0. The Balaban J connectivity index is 5.11. The number of carbonyl (C=O) groups excluding carboxylic acids is 2. The van der Waals surface area contributed by atoms with Crippen molar-refractivity contribution in [1.82, 2.24) is 5.32 Å². The molecule has 0 heterocycles. The zero-order chi connectivity index (χ0) is 57.9. The molecular formula is C69H123N2O7P. The second-order valence-corrected chi connectivity index (χ2v) is 24.4. The maximum atomic E-state index is 13.5. The SMILES string of the molecule is CC/C=C/C=C/C=C\CCCCCCCC(=O)NC(COP(=O)([O-])OCC[N+](C)(C)C)C(/C=C\CCCCCCCCCCCCC)OC(=O)CCCCCCCCCCCCC/C=C\C/C=C\C/C=C\C/C=C\CCCCC. The predicted molar refractivity (Wildman–Crippen MR) is 339 cm³/mol. The third-order valence-corrected chi connectivity index (χ3v) is 15.0. The molecule has 0 bridgehead atoms. The van der Waals surface area contributed by atoms with Crippen LogP contribution < -0.4 is 10.2 Å². The molecule has 0 aliphatic rings. The van der Waals surface area contributed by atoms with Crippen molar-refractivity contribution in [2.75, 3.05) is 40.9 Å². The Labute approximate surface area is 488 Å². The molecule has 0 aromatic carbocycles. The minimum absolute atomic E-state index is 0.0309. The van der Waals surface area contributed by atoms with Gasteiger partial charge in [-0.25, -0.2) is 0 Å². The molecule has 0 saturated carbocycles. The number of likely N-dealkylation sites (N-methyl/N-ethyl adjacent to an activating group) is 1. The summed E-state index contributed by atoms with van der Waals surface area (Å²) in [5.74, 6) is -0.569. The number of hydrogen-bond acceptors (Lipinski definition) is 7. The van der Waals surface area contributed by atoms with E-state index in [1.807, 2.05) is 39.4 Å². The molecule has 0 spiro atoms. The third-order valence-electron chi connectivity index (χ3n) is 14.1. The summed E-state index contributed by atoms with van der Waals surface area (Å²) in [6.07, 6.45) is 78.1. The Morgan fingerprint density at radius 3 is 1.34 bits per heavy atom. The van der Waals surface area contributed by atoms with Crippen LogP contribution in [0.3, 0.4) is 0 Å². The number of esters is 1. The highest BCUT2D eigenvalue weighted by atomic mass is 31.2. The highest BCUT2D eigenvalue weighted by Gasteiger charge is 2.27. The summed E-state index contributed by atoms with van der Waals surface area (Å²) >= 11 is 0. The van der Waals surface area contributed by atoms with Gasteiger partial charge in [-0.05, 0) is 96.0 Å². The van der Waals surface area contributed by atoms with Crippen LogP contribution in [0.1, 0.15) is 278 Å². The van der Waals surface area contributed by atoms with E-state index in [4.69, 9.17) is 13.8 Å². The summed E-state index contributed by atoms with van der Waals surface area (Å²) < 4.78 is 30.3. The number of allylic oxidation sites excluding steroid dienone is 15. The van der Waals surface area contributed by atoms with E-state index in [9.17, 15) is 19.0 Å². The summed E-state index contributed by atoms with van der Waals surface area (Å²) in [4.78, 5) is 40.0. The van der Waals surface area contributed by atoms with Crippen LogP contribution in [0.25, 0.3) is 0 Å². The molecule has 9 nitrogen and oxygen atoms in total. The molecule has 1 amide bonds. The van der Waals surface area contributed by atoms with Crippen LogP contribution in [0.15, 0.2) is 97.2 Å². The fourth-order valence-corrected chi connectivity index (χ4v) is 9.76. The number of phosphoric acid groups is 1. The molecule has 0 fully saturated rings. The van der Waals surface area contributed by atoms with E-state index in [-0.39, 0.29) is 31.3 Å². The van der Waals surface area contributed by atoms with Crippen LogP contribution >= 0.6 is 7.82 Å². The quantitative estimate of drug-likeness (QED) is 0.0161. The lowest BCUT2D eigenvalue weighted by Gasteiger charge is -2.30. The first kappa shape index (κ1) is 75.9. The van der Waals surface area contributed by atoms with E-state index in [1.165, 1.54) is 135 Å². The van der Waals surface area contributed by atoms with Crippen LogP contribution in [-0.2, 0) is 27.9 Å². The minimum atomic E-state index is -4.71. The monoisotopic (exact) mass is 1120 g/mol. The van der Waals surface area contributed by atoms with Gasteiger partial charge in [-0.1, -0.05) is 266 Å². The van der Waals surface area contributed by atoms with Gasteiger partial charge in [0.25, 0.3) is 7.82 Å². The Morgan fingerprint density at radius 2 is 0.861 bits per heavy atom. The summed E-state index contributed by atoms with van der Waals surface area (Å²) in [6, 6.07) is -0.905. The van der Waals surface area contributed by atoms with Gasteiger partial charge < -0.3 is 28.5 Å². The van der Waals surface area contributed by atoms with Crippen molar-refractivity contribution in [2.24, 2.45) is 0 Å². The lowest BCUT2D eigenvalue weighted by Crippen LogP contribution is -2.47. The second-order valence-electron chi connectivity index (χ2n) is 22.9. The Bertz CT molecular complexity index is 1670. The average molecular weight is 1120 g/mol. The number of quaternary nitrogens is 1. The van der Waals surface area contributed by atoms with Crippen molar-refractivity contribution in [3.05, 3.63) is 97.2 Å². The van der Waals surface area contributed by atoms with Crippen LogP contribution in [0.5, 0.6) is 0 Å². The lowest BCUT2D eigenvalue weighted by atomic mass is 10.0. The molecular weight excluding hydrogens is 1000 g/mol. The van der Waals surface area contributed by atoms with Crippen molar-refractivity contribution in [1.29, 1.82) is 0 Å². The predicted octanol–water partition coefficient (Wildman–Crippen LogP) is 19.7. The summed E-state index contributed by atoms with van der Waals surface area (Å²) in [6.45, 7) is 6.67. The molecule has 0 aromatic heterocycles. The van der Waals surface area contributed by atoms with E-state index >= 15 is 0 Å². The van der Waals surface area contributed by atoms with Gasteiger partial charge in [0.2, 0.25) is 5.91 Å². The topological polar surface area (TPSA) is 114 Å². The highest BCUT2D eigenvalue weighted by Crippen LogP contribution is 2.38. The van der Waals surface area contributed by atoms with Crippen LogP contribution in [0.4, 0.5) is 0 Å². The van der Waals surface area contributed by atoms with Crippen molar-refractivity contribution >= 4 is 19.7 Å². The number of phosphoric ester groups is 1. The van der Waals surface area contributed by atoms with Crippen LogP contribution in [0, 0.1) is 0 Å². The number of hydrogen-bond donors (Lipinski definition) is 1. The van der Waals surface area contributed by atoms with Gasteiger partial charge in [0.1, 0.15) is 19.3 Å². The van der Waals surface area contributed by atoms with E-state index in [0.717, 1.165) is 103 Å². The van der Waals surface area contributed by atoms with Crippen molar-refractivity contribution < 1.29 is 37.3 Å². The van der Waals surface area contributed by atoms with Crippen LogP contribution in [-0.4, -0.2) is 69.4 Å². The molecule has 0 rings (SSSR count). The number of amides is 1. The number of unbranched alkanes of at least 4 members (excludes halogenated alkanes) is 30. The maximum Gasteiger partial charge on any atom is 0.306 e. The maximum absolute atomic E-state index is 13.5. The first-order valence-electron chi connectivity index (χ1n) is 32.6. The number of ether oxygens (including phenoxy) is 1. The van der Waals surface area contributed by atoms with E-state index in [1.54, 1.807) is 0 Å². The molecule has 3 atom stereocenters. The molecule has 0 aliphatic heterocycles. The zero-order valence-corrected chi connectivity index (χ0v) is 52.9. The van der Waals surface area contributed by atoms with Gasteiger partial charge >= 0.3 is 5.97 Å². The summed E-state index contributed by atoms with van der Waals surface area (Å²) in [5, 5.41) is 3.01. The Morgan fingerprint density at radius 1 is 0.468 bits per heavy atom. The fourth-order valence-electron chi connectivity index (χ4n) is 9.04. The van der Waals surface area contributed by atoms with Gasteiger partial charge in [-0.2, -0.15) is 0 Å². The molecule has 0 radical (unpaired) electrons. The van der Waals surface area contributed by atoms with E-state index in [0.29, 0.717) is 17.4 Å². The molecule has 10 heteroatoms. The average Bonchev–Trinajstić information content (AvgIpc) is 3.41. The van der Waals surface area contributed by atoms with Crippen molar-refractivity contribution in [3.63, 3.8) is 0 Å². The number of nitrogens with zero attached hydrogens (tertiary/aromatic N) is 1. The molecule has 79 heavy (non-hydrogen) atoms. The zero-order valence-electron chi connectivity index (χ0n) is 52.1. The number of nitrogens with one attached hydrogen (secondary N) is 1. The smallest absolute Gasteiger partial charge is 0.306 e. The van der Waals surface area contributed by atoms with Gasteiger partial charge in [0.05, 0.1) is 33.8 Å².